The number of rotatable bonds is 2. The maximum atomic E-state index is 11.9. The molecule has 3 heteroatoms. The molecule has 1 saturated heterocycles. The van der Waals surface area contributed by atoms with E-state index in [2.05, 4.69) is 13.8 Å². The fourth-order valence-corrected chi connectivity index (χ4v) is 2.24. The summed E-state index contributed by atoms with van der Waals surface area (Å²) in [6.45, 7) is 9.31. The molecule has 2 aliphatic rings. The van der Waals surface area contributed by atoms with Gasteiger partial charge in [-0.1, -0.05) is 27.7 Å². The van der Waals surface area contributed by atoms with Crippen LogP contribution in [-0.2, 0) is 4.79 Å². The smallest absolute Gasteiger partial charge is 0.226 e. The Hall–Kier alpha value is -0.570. The van der Waals surface area contributed by atoms with Crippen molar-refractivity contribution in [1.82, 2.24) is 4.90 Å². The number of nitrogens with zero attached hydrogens (tertiary/aromatic N) is 1. The lowest BCUT2D eigenvalue weighted by Gasteiger charge is -2.49. The number of β-amino-alcohol motifs (C(OH)–C–C–N with tert-alkyl or cyclic N) is 1. The maximum Gasteiger partial charge on any atom is 0.226 e. The van der Waals surface area contributed by atoms with E-state index in [1.807, 2.05) is 13.8 Å². The van der Waals surface area contributed by atoms with Crippen LogP contribution in [0.25, 0.3) is 0 Å². The highest BCUT2D eigenvalue weighted by atomic mass is 16.3. The van der Waals surface area contributed by atoms with Crippen molar-refractivity contribution in [1.29, 1.82) is 0 Å². The van der Waals surface area contributed by atoms with Crippen molar-refractivity contribution in [3.63, 3.8) is 0 Å². The van der Waals surface area contributed by atoms with Crippen LogP contribution in [0.15, 0.2) is 0 Å². The molecule has 3 nitrogen and oxygen atoms in total. The van der Waals surface area contributed by atoms with E-state index in [0.717, 1.165) is 6.42 Å². The summed E-state index contributed by atoms with van der Waals surface area (Å²) in [6, 6.07) is 0. The summed E-state index contributed by atoms with van der Waals surface area (Å²) in [5, 5.41) is 10.0. The summed E-state index contributed by atoms with van der Waals surface area (Å²) in [5.74, 6) is 0.674. The Kier molecular flexibility index (Phi) is 2.16. The molecule has 2 rings (SSSR count). The van der Waals surface area contributed by atoms with Gasteiger partial charge in [0, 0.05) is 5.92 Å². The Balaban J connectivity index is 1.88. The summed E-state index contributed by atoms with van der Waals surface area (Å²) in [4.78, 5) is 13.7. The number of carbonyl (C=O) groups is 1. The Morgan fingerprint density at radius 3 is 2.20 bits per heavy atom. The first-order valence-electron chi connectivity index (χ1n) is 5.77. The fraction of sp³-hybridized carbons (Fsp3) is 0.917. The van der Waals surface area contributed by atoms with Crippen LogP contribution in [0, 0.1) is 17.3 Å². The zero-order valence-electron chi connectivity index (χ0n) is 10.1. The number of hydrogen-bond donors (Lipinski definition) is 1. The van der Waals surface area contributed by atoms with Gasteiger partial charge in [-0.15, -0.1) is 0 Å². The minimum atomic E-state index is -0.630. The molecule has 1 heterocycles. The van der Waals surface area contributed by atoms with Crippen molar-refractivity contribution < 1.29 is 9.90 Å². The minimum Gasteiger partial charge on any atom is -0.386 e. The highest BCUT2D eigenvalue weighted by Gasteiger charge is 2.55. The molecule has 1 N–H and O–H groups in total. The molecule has 15 heavy (non-hydrogen) atoms. The molecule has 1 aliphatic carbocycles. The van der Waals surface area contributed by atoms with Gasteiger partial charge in [-0.25, -0.2) is 0 Å². The van der Waals surface area contributed by atoms with E-state index in [1.54, 1.807) is 4.90 Å². The summed E-state index contributed by atoms with van der Waals surface area (Å²) < 4.78 is 0. The average Bonchev–Trinajstić information content (AvgIpc) is 2.68. The SMILES string of the molecule is CC(C)C1(O)CN(C(=O)C2CC2(C)C)C1. The normalized spacial score (nSPS) is 31.3. The summed E-state index contributed by atoms with van der Waals surface area (Å²) in [7, 11) is 0. The van der Waals surface area contributed by atoms with Gasteiger partial charge in [-0.2, -0.15) is 0 Å². The molecule has 1 unspecified atom stereocenters. The molecule has 1 amide bonds. The Labute approximate surface area is 91.5 Å². The lowest BCUT2D eigenvalue weighted by molar-refractivity contribution is -0.165. The van der Waals surface area contributed by atoms with Gasteiger partial charge in [0.1, 0.15) is 5.60 Å². The lowest BCUT2D eigenvalue weighted by Crippen LogP contribution is -2.66. The third-order valence-electron chi connectivity index (χ3n) is 4.13. The number of amides is 1. The molecular formula is C12H21NO2. The first-order chi connectivity index (χ1) is 6.76. The standard InChI is InChI=1S/C12H21NO2/c1-8(2)12(15)6-13(7-12)10(14)9-5-11(9,3)4/h8-9,15H,5-7H2,1-4H3. The highest BCUT2D eigenvalue weighted by Crippen LogP contribution is 2.53. The molecule has 1 aliphatic heterocycles. The monoisotopic (exact) mass is 211 g/mol. The van der Waals surface area contributed by atoms with Gasteiger partial charge < -0.3 is 10.0 Å². The van der Waals surface area contributed by atoms with Crippen LogP contribution in [-0.4, -0.2) is 34.6 Å². The third kappa shape index (κ3) is 1.67. The van der Waals surface area contributed by atoms with Gasteiger partial charge in [-0.3, -0.25) is 4.79 Å². The van der Waals surface area contributed by atoms with Gasteiger partial charge in [0.05, 0.1) is 13.1 Å². The van der Waals surface area contributed by atoms with E-state index >= 15 is 0 Å². The first-order valence-corrected chi connectivity index (χ1v) is 5.77. The van der Waals surface area contributed by atoms with Crippen LogP contribution >= 0.6 is 0 Å². The summed E-state index contributed by atoms with van der Waals surface area (Å²) in [6.07, 6.45) is 1.00. The Morgan fingerprint density at radius 1 is 1.40 bits per heavy atom. The van der Waals surface area contributed by atoms with E-state index in [0.29, 0.717) is 13.1 Å². The number of likely N-dealkylation sites (tertiary alicyclic amines) is 1. The molecule has 0 bridgehead atoms. The van der Waals surface area contributed by atoms with E-state index < -0.39 is 5.60 Å². The van der Waals surface area contributed by atoms with E-state index in [-0.39, 0.29) is 23.2 Å². The van der Waals surface area contributed by atoms with Crippen molar-refractivity contribution in [2.24, 2.45) is 17.3 Å². The zero-order chi connectivity index (χ0) is 11.4. The van der Waals surface area contributed by atoms with E-state index in [1.165, 1.54) is 0 Å². The molecule has 2 fully saturated rings. The molecule has 1 saturated carbocycles. The van der Waals surface area contributed by atoms with Crippen LogP contribution in [0.1, 0.15) is 34.1 Å². The van der Waals surface area contributed by atoms with E-state index in [9.17, 15) is 9.90 Å². The van der Waals surface area contributed by atoms with Gasteiger partial charge >= 0.3 is 0 Å². The Morgan fingerprint density at radius 2 is 1.87 bits per heavy atom. The average molecular weight is 211 g/mol. The van der Waals surface area contributed by atoms with Crippen molar-refractivity contribution >= 4 is 5.91 Å². The minimum absolute atomic E-state index is 0.197. The van der Waals surface area contributed by atoms with Gasteiger partial charge in [0.25, 0.3) is 0 Å². The van der Waals surface area contributed by atoms with Crippen molar-refractivity contribution in [2.45, 2.75) is 39.7 Å². The molecule has 0 aromatic rings. The molecule has 0 spiro atoms. The first kappa shape index (κ1) is 10.9. The molecule has 1 atom stereocenters. The number of hydrogen-bond acceptors (Lipinski definition) is 2. The second-order valence-corrected chi connectivity index (χ2v) is 6.20. The highest BCUT2D eigenvalue weighted by molar-refractivity contribution is 5.83. The number of aliphatic hydroxyl groups is 1. The zero-order valence-corrected chi connectivity index (χ0v) is 10.1. The fourth-order valence-electron chi connectivity index (χ4n) is 2.24. The Bertz CT molecular complexity index is 290. The van der Waals surface area contributed by atoms with Crippen LogP contribution in [0.5, 0.6) is 0 Å². The van der Waals surface area contributed by atoms with Crippen molar-refractivity contribution in [2.75, 3.05) is 13.1 Å². The molecular weight excluding hydrogens is 190 g/mol. The van der Waals surface area contributed by atoms with Crippen molar-refractivity contribution in [3.8, 4) is 0 Å². The van der Waals surface area contributed by atoms with Crippen LogP contribution in [0.4, 0.5) is 0 Å². The number of carbonyl (C=O) groups excluding carboxylic acids is 1. The predicted octanol–water partition coefficient (Wildman–Crippen LogP) is 1.26. The second-order valence-electron chi connectivity index (χ2n) is 6.20. The van der Waals surface area contributed by atoms with Gasteiger partial charge in [0.2, 0.25) is 5.91 Å². The molecule has 0 aromatic heterocycles. The predicted molar refractivity (Wildman–Crippen MR) is 58.3 cm³/mol. The van der Waals surface area contributed by atoms with Crippen LogP contribution < -0.4 is 0 Å². The van der Waals surface area contributed by atoms with Crippen LogP contribution in [0.2, 0.25) is 0 Å². The van der Waals surface area contributed by atoms with Gasteiger partial charge in [0.15, 0.2) is 0 Å². The van der Waals surface area contributed by atoms with Crippen molar-refractivity contribution in [3.05, 3.63) is 0 Å². The quantitative estimate of drug-likeness (QED) is 0.747. The summed E-state index contributed by atoms with van der Waals surface area (Å²) >= 11 is 0. The lowest BCUT2D eigenvalue weighted by atomic mass is 9.82. The molecule has 86 valence electrons. The van der Waals surface area contributed by atoms with E-state index in [4.69, 9.17) is 0 Å². The molecule has 0 aromatic carbocycles. The maximum absolute atomic E-state index is 11.9. The third-order valence-corrected chi connectivity index (χ3v) is 4.13. The summed E-state index contributed by atoms with van der Waals surface area (Å²) in [5.41, 5.74) is -0.433. The van der Waals surface area contributed by atoms with Crippen LogP contribution in [0.3, 0.4) is 0 Å². The topological polar surface area (TPSA) is 40.5 Å². The van der Waals surface area contributed by atoms with Gasteiger partial charge in [-0.05, 0) is 17.8 Å². The largest absolute Gasteiger partial charge is 0.386 e. The second kappa shape index (κ2) is 2.97. The molecule has 0 radical (unpaired) electrons.